The number of nitrogens with one attached hydrogen (secondary N) is 2. The molecule has 2 aliphatic rings. The molecule has 0 aromatic heterocycles. The first-order valence-corrected chi connectivity index (χ1v) is 27.5. The van der Waals surface area contributed by atoms with Crippen LogP contribution in [-0.2, 0) is 35.5 Å². The van der Waals surface area contributed by atoms with Crippen molar-refractivity contribution in [3.8, 4) is 5.75 Å². The monoisotopic (exact) mass is 1150 g/mol. The Labute approximate surface area is 442 Å². The predicted molar refractivity (Wildman–Crippen MR) is 287 cm³/mol. The molecule has 2 aliphatic heterocycles. The lowest BCUT2D eigenvalue weighted by Crippen LogP contribution is -2.31. The van der Waals surface area contributed by atoms with E-state index in [4.69, 9.17) is 16.3 Å². The van der Waals surface area contributed by atoms with Gasteiger partial charge in [0.15, 0.2) is 0 Å². The zero-order valence-corrected chi connectivity index (χ0v) is 43.8. The van der Waals surface area contributed by atoms with Gasteiger partial charge in [0.2, 0.25) is 15.8 Å². The van der Waals surface area contributed by atoms with Crippen LogP contribution in [0.5, 0.6) is 5.75 Å². The number of hydrogen-bond acceptors (Lipinski definition) is 13. The lowest BCUT2D eigenvalue weighted by molar-refractivity contribution is -0.385. The molecule has 0 spiro atoms. The second-order valence-corrected chi connectivity index (χ2v) is 21.6. The highest BCUT2D eigenvalue weighted by molar-refractivity contribution is 9.09. The maximum atomic E-state index is 14.1. The summed E-state index contributed by atoms with van der Waals surface area (Å²) in [7, 11) is -5.55. The first-order valence-electron chi connectivity index (χ1n) is 22.8. The highest BCUT2D eigenvalue weighted by atomic mass is 79.9. The number of non-ortho nitro benzene ring substituents is 1. The second-order valence-electron chi connectivity index (χ2n) is 17.7. The molecule has 25 heteroatoms. The molecule has 0 fully saturated rings. The summed E-state index contributed by atoms with van der Waals surface area (Å²) in [6.45, 7) is 0.538. The average Bonchev–Trinajstić information content (AvgIpc) is 3.96. The van der Waals surface area contributed by atoms with Crippen LogP contribution in [0.3, 0.4) is 0 Å². The van der Waals surface area contributed by atoms with Gasteiger partial charge in [0.1, 0.15) is 6.61 Å². The van der Waals surface area contributed by atoms with Gasteiger partial charge in [0.05, 0.1) is 37.2 Å². The molecule has 0 aliphatic carbocycles. The molecule has 390 valence electrons. The van der Waals surface area contributed by atoms with Crippen LogP contribution in [0.2, 0.25) is 0 Å². The lowest BCUT2D eigenvalue weighted by Gasteiger charge is -2.18. The van der Waals surface area contributed by atoms with Gasteiger partial charge < -0.3 is 24.0 Å². The van der Waals surface area contributed by atoms with Crippen molar-refractivity contribution >= 4 is 125 Å². The van der Waals surface area contributed by atoms with Gasteiger partial charge in [-0.05, 0) is 101 Å². The lowest BCUT2D eigenvalue weighted by atomic mass is 9.95. The van der Waals surface area contributed by atoms with Gasteiger partial charge in [0, 0.05) is 78.9 Å². The van der Waals surface area contributed by atoms with E-state index in [-0.39, 0.29) is 64.6 Å². The topological polar surface area (TPSA) is 281 Å². The Balaban J connectivity index is 0.990. The Morgan fingerprint density at radius 2 is 1.43 bits per heavy atom. The number of carbonyl (C=O) groups excluding carboxylic acids is 3. The molecule has 0 saturated heterocycles. The van der Waals surface area contributed by atoms with E-state index in [1.807, 2.05) is 11.0 Å². The van der Waals surface area contributed by atoms with Gasteiger partial charge in [-0.25, -0.2) is 22.5 Å². The number of nitrogens with zero attached hydrogens (tertiary/aromatic N) is 5. The third-order valence-corrected chi connectivity index (χ3v) is 15.5. The number of fused-ring (bicyclic) bond motifs is 6. The first kappa shape index (κ1) is 54.2. The number of carbonyl (C=O) groups is 3. The van der Waals surface area contributed by atoms with Crippen molar-refractivity contribution in [2.75, 3.05) is 66.6 Å². The van der Waals surface area contributed by atoms with E-state index in [0.29, 0.717) is 50.7 Å². The number of halogens is 2. The molecule has 8 rings (SSSR count). The van der Waals surface area contributed by atoms with Crippen LogP contribution in [0.1, 0.15) is 39.7 Å². The van der Waals surface area contributed by atoms with Crippen LogP contribution in [0, 0.1) is 20.2 Å². The van der Waals surface area contributed by atoms with E-state index in [1.54, 1.807) is 80.8 Å². The van der Waals surface area contributed by atoms with Gasteiger partial charge in [-0.3, -0.25) is 44.9 Å². The number of phosphoric ester groups is 1. The van der Waals surface area contributed by atoms with Crippen molar-refractivity contribution in [1.82, 2.24) is 9.62 Å². The SMILES string of the molecule is CN(C)CCNS(=O)(=O)c1ccc2c3c(cc([N+](=O)[O-])c2c1)N(C(=O)/C=C/c1cccc(/C=C/C(=O)N2CC(CCl)c4c2cc(NC(=O)OCc2ccc([N+](=O)[O-])c(OP(=O)(O)O)c2)c2ccccc42)c1)CC3CBr. The smallest absolute Gasteiger partial charge is 0.444 e. The molecule has 0 bridgehead atoms. The van der Waals surface area contributed by atoms with Crippen molar-refractivity contribution in [2.24, 2.45) is 0 Å². The number of rotatable bonds is 18. The van der Waals surface area contributed by atoms with Gasteiger partial charge >= 0.3 is 19.6 Å². The maximum absolute atomic E-state index is 14.1. The van der Waals surface area contributed by atoms with Crippen LogP contribution in [0.25, 0.3) is 33.7 Å². The van der Waals surface area contributed by atoms with Gasteiger partial charge in [-0.1, -0.05) is 64.5 Å². The third-order valence-electron chi connectivity index (χ3n) is 12.4. The zero-order valence-electron chi connectivity index (χ0n) is 39.8. The van der Waals surface area contributed by atoms with Crippen molar-refractivity contribution in [1.29, 1.82) is 0 Å². The van der Waals surface area contributed by atoms with Crippen LogP contribution in [0.4, 0.5) is 33.2 Å². The van der Waals surface area contributed by atoms with Crippen LogP contribution < -0.4 is 24.4 Å². The summed E-state index contributed by atoms with van der Waals surface area (Å²) in [4.78, 5) is 86.8. The van der Waals surface area contributed by atoms with Crippen molar-refractivity contribution in [2.45, 2.75) is 23.3 Å². The van der Waals surface area contributed by atoms with Crippen molar-refractivity contribution in [3.05, 3.63) is 157 Å². The Morgan fingerprint density at radius 1 is 0.813 bits per heavy atom. The van der Waals surface area contributed by atoms with E-state index in [1.165, 1.54) is 46.2 Å². The molecule has 0 saturated carbocycles. The van der Waals surface area contributed by atoms with E-state index in [2.05, 4.69) is 30.5 Å². The zero-order chi connectivity index (χ0) is 53.9. The van der Waals surface area contributed by atoms with Gasteiger partial charge in [0.25, 0.3) is 17.5 Å². The molecule has 6 aromatic carbocycles. The Hall–Kier alpha value is -7.08. The Bertz CT molecular complexity index is 3540. The quantitative estimate of drug-likeness (QED) is 0.0206. The minimum atomic E-state index is -5.17. The molecule has 6 aromatic rings. The summed E-state index contributed by atoms with van der Waals surface area (Å²) < 4.78 is 50.2. The Morgan fingerprint density at radius 3 is 2.04 bits per heavy atom. The molecule has 21 nitrogen and oxygen atoms in total. The molecular formula is C50H46BrClN7O14PS. The number of phosphoric acid groups is 1. The van der Waals surface area contributed by atoms with Crippen LogP contribution in [-0.4, -0.2) is 102 Å². The molecular weight excluding hydrogens is 1100 g/mol. The number of likely N-dealkylation sites (N-methyl/N-ethyl adjacent to an activating group) is 1. The molecule has 2 atom stereocenters. The fourth-order valence-corrected chi connectivity index (χ4v) is 11.3. The highest BCUT2D eigenvalue weighted by Crippen LogP contribution is 2.48. The number of hydrogen-bond donors (Lipinski definition) is 4. The summed E-state index contributed by atoms with van der Waals surface area (Å²) in [5.41, 5.74) is 2.86. The predicted octanol–water partition coefficient (Wildman–Crippen LogP) is 8.79. The van der Waals surface area contributed by atoms with E-state index < -0.39 is 63.6 Å². The van der Waals surface area contributed by atoms with Crippen molar-refractivity contribution in [3.63, 3.8) is 0 Å². The molecule has 75 heavy (non-hydrogen) atoms. The van der Waals surface area contributed by atoms with Gasteiger partial charge in [-0.2, -0.15) is 0 Å². The summed E-state index contributed by atoms with van der Waals surface area (Å²) in [5.74, 6) is -1.94. The number of benzene rings is 6. The number of sulfonamides is 1. The summed E-state index contributed by atoms with van der Waals surface area (Å²) in [6.07, 6.45) is 5.00. The molecule has 0 radical (unpaired) electrons. The van der Waals surface area contributed by atoms with E-state index in [0.717, 1.165) is 23.1 Å². The highest BCUT2D eigenvalue weighted by Gasteiger charge is 2.37. The standard InChI is InChI=1S/C50H46BrClN7O14PS/c1-55(2)19-18-53-75(70,71)35-13-14-38-39(22-35)42(59(65)66)24-44-48(38)33(25-51)27-56(44)46(60)16-11-30-6-5-7-31(20-30)12-17-47(61)57-28-34(26-52)49-37-9-4-3-8-36(37)40(23-43(49)57)54-50(62)72-29-32-10-15-41(58(63)64)45(21-32)73-74(67,68)69/h3-17,20-24,33-34,53H,18-19,25-29H2,1-2H3,(H,54,62)(H2,67,68,69)/b16-11+,17-12+. The first-order chi connectivity index (χ1) is 35.7. The molecule has 3 amide bonds. The minimum absolute atomic E-state index is 0.121. The van der Waals surface area contributed by atoms with E-state index in [9.17, 15) is 57.4 Å². The summed E-state index contributed by atoms with van der Waals surface area (Å²) in [6, 6.07) is 24.6. The van der Waals surface area contributed by atoms with Crippen molar-refractivity contribution < 1.29 is 56.3 Å². The number of nitro benzene ring substituents is 2. The summed E-state index contributed by atoms with van der Waals surface area (Å²) in [5, 5.41) is 28.9. The fraction of sp³-hybridized carbons (Fsp3) is 0.220. The largest absolute Gasteiger partial charge is 0.525 e. The molecule has 2 heterocycles. The normalized spacial score (nSPS) is 15.5. The van der Waals surface area contributed by atoms with Crippen LogP contribution >= 0.6 is 35.4 Å². The van der Waals surface area contributed by atoms with E-state index >= 15 is 0 Å². The number of ether oxygens (including phenoxy) is 1. The average molecular weight is 1150 g/mol. The van der Waals surface area contributed by atoms with Gasteiger partial charge in [-0.15, -0.1) is 11.6 Å². The second kappa shape index (κ2) is 22.4. The molecule has 4 N–H and O–H groups in total. The third kappa shape index (κ3) is 12.1. The number of nitro groups is 2. The van der Waals surface area contributed by atoms with Crippen LogP contribution in [0.15, 0.2) is 114 Å². The Kier molecular flexibility index (Phi) is 16.2. The number of anilines is 3. The minimum Gasteiger partial charge on any atom is -0.444 e. The summed E-state index contributed by atoms with van der Waals surface area (Å²) >= 11 is 10.0. The number of amides is 3. The maximum Gasteiger partial charge on any atom is 0.525 e. The number of alkyl halides is 2. The molecule has 2 unspecified atom stereocenters. The fourth-order valence-electron chi connectivity index (χ4n) is 9.06.